The highest BCUT2D eigenvalue weighted by molar-refractivity contribution is 5.22. The Morgan fingerprint density at radius 2 is 1.89 bits per heavy atom. The van der Waals surface area contributed by atoms with Crippen molar-refractivity contribution >= 4 is 0 Å². The molecule has 0 aliphatic carbocycles. The number of rotatable bonds is 1. The zero-order chi connectivity index (χ0) is 7.11. The predicted octanol–water partition coefficient (Wildman–Crippen LogP) is 2.24. The minimum Gasteiger partial charge on any atom is -0.154 e. The van der Waals surface area contributed by atoms with Gasteiger partial charge >= 0.3 is 5.82 Å². The summed E-state index contributed by atoms with van der Waals surface area (Å²) in [6, 6.07) is 0. The van der Waals surface area contributed by atoms with E-state index in [1.165, 1.54) is 6.08 Å². The lowest BCUT2D eigenvalue weighted by molar-refractivity contribution is 1.66. The summed E-state index contributed by atoms with van der Waals surface area (Å²) < 4.78 is 0. The van der Waals surface area contributed by atoms with Crippen LogP contribution in [0.15, 0.2) is 24.0 Å². The Morgan fingerprint density at radius 1 is 1.33 bits per heavy atom. The summed E-state index contributed by atoms with van der Waals surface area (Å²) in [5, 5.41) is 0. The number of hydrogen-bond donors (Lipinski definition) is 0. The van der Waals surface area contributed by atoms with Crippen LogP contribution >= 0.6 is 0 Å². The van der Waals surface area contributed by atoms with Crippen LogP contribution in [0.25, 0.3) is 9.69 Å². The first-order valence-corrected chi connectivity index (χ1v) is 2.43. The molecule has 0 amide bonds. The number of hydrogen-bond acceptors (Lipinski definition) is 0. The second-order valence-electron chi connectivity index (χ2n) is 1.27. The summed E-state index contributed by atoms with van der Waals surface area (Å²) in [4.78, 5) is 5.90. The molecule has 0 aliphatic heterocycles. The molecule has 0 bridgehead atoms. The smallest absolute Gasteiger partial charge is 0.154 e. The maximum absolute atomic E-state index is 6.45. The van der Waals surface area contributed by atoms with E-state index in [9.17, 15) is 0 Å². The van der Waals surface area contributed by atoms with Crippen molar-refractivity contribution in [2.24, 2.45) is 0 Å². The molecule has 2 heteroatoms. The molecule has 0 rings (SSSR count). The largest absolute Gasteiger partial charge is 0.519 e. The Bertz CT molecular complexity index is 194. The molecule has 0 fully saturated rings. The molecule has 9 heavy (non-hydrogen) atoms. The van der Waals surface area contributed by atoms with Crippen LogP contribution in [0.2, 0.25) is 0 Å². The van der Waals surface area contributed by atoms with Crippen molar-refractivity contribution in [2.45, 2.75) is 6.92 Å². The molecule has 0 aromatic rings. The van der Waals surface area contributed by atoms with E-state index in [0.29, 0.717) is 0 Å². The summed E-state index contributed by atoms with van der Waals surface area (Å²) in [6.07, 6.45) is 4.93. The fourth-order valence-electron chi connectivity index (χ4n) is 0.282. The predicted molar refractivity (Wildman–Crippen MR) is 36.1 cm³/mol. The number of nitrogens with zero attached hydrogens (tertiary/aromatic N) is 2. The zero-order valence-corrected chi connectivity index (χ0v) is 5.13. The fourth-order valence-corrected chi connectivity index (χ4v) is 0.282. The van der Waals surface area contributed by atoms with Gasteiger partial charge in [0, 0.05) is 6.08 Å². The summed E-state index contributed by atoms with van der Waals surface area (Å²) in [5.41, 5.74) is 0. The van der Waals surface area contributed by atoms with Crippen molar-refractivity contribution < 1.29 is 0 Å². The highest BCUT2D eigenvalue weighted by Gasteiger charge is 1.95. The molecule has 0 N–H and O–H groups in total. The molecule has 0 saturated heterocycles. The van der Waals surface area contributed by atoms with E-state index >= 15 is 0 Å². The van der Waals surface area contributed by atoms with Gasteiger partial charge in [0.2, 0.25) is 0 Å². The fraction of sp³-hybridized carbons (Fsp3) is 0.143. The molecule has 2 nitrogen and oxygen atoms in total. The first kappa shape index (κ1) is 7.46. The van der Waals surface area contributed by atoms with E-state index in [4.69, 9.17) is 13.1 Å². The number of allylic oxidation sites excluding steroid dienone is 3. The Balaban J connectivity index is 4.18. The van der Waals surface area contributed by atoms with Crippen molar-refractivity contribution in [3.8, 4) is 0 Å². The van der Waals surface area contributed by atoms with Crippen LogP contribution in [0.1, 0.15) is 6.92 Å². The summed E-state index contributed by atoms with van der Waals surface area (Å²) in [5.74, 6) is 0.105. The van der Waals surface area contributed by atoms with E-state index in [-0.39, 0.29) is 5.82 Å². The zero-order valence-electron chi connectivity index (χ0n) is 5.13. The lowest BCUT2D eigenvalue weighted by atomic mass is 10.5. The van der Waals surface area contributed by atoms with E-state index in [1.807, 2.05) is 6.92 Å². The second kappa shape index (κ2) is 4.61. The Labute approximate surface area is 54.8 Å². The molecule has 0 saturated carbocycles. The van der Waals surface area contributed by atoms with Gasteiger partial charge in [-0.05, 0) is 6.92 Å². The molecular formula is C7H6N2. The Hall–Kier alpha value is -1.54. The van der Waals surface area contributed by atoms with Gasteiger partial charge in [0.25, 0.3) is 0 Å². The van der Waals surface area contributed by atoms with E-state index in [1.54, 1.807) is 12.2 Å². The molecule has 0 aliphatic rings. The molecule has 0 unspecified atom stereocenters. The normalized spacial score (nSPS) is 7.89. The first-order chi connectivity index (χ1) is 4.35. The van der Waals surface area contributed by atoms with Crippen molar-refractivity contribution in [2.75, 3.05) is 0 Å². The average molecular weight is 118 g/mol. The van der Waals surface area contributed by atoms with Gasteiger partial charge in [-0.2, -0.15) is 9.69 Å². The lowest BCUT2D eigenvalue weighted by Gasteiger charge is -1.66. The van der Waals surface area contributed by atoms with Crippen molar-refractivity contribution in [1.82, 2.24) is 0 Å². The van der Waals surface area contributed by atoms with Crippen LogP contribution in [0.5, 0.6) is 0 Å². The molecule has 0 radical (unpaired) electrons. The van der Waals surface area contributed by atoms with Gasteiger partial charge in [0.1, 0.15) is 13.1 Å². The molecule has 0 spiro atoms. The lowest BCUT2D eigenvalue weighted by Crippen LogP contribution is -1.57. The van der Waals surface area contributed by atoms with Crippen LogP contribution in [-0.4, -0.2) is 0 Å². The third kappa shape index (κ3) is 3.08. The van der Waals surface area contributed by atoms with Crippen LogP contribution in [-0.2, 0) is 0 Å². The topological polar surface area (TPSA) is 8.72 Å². The third-order valence-corrected chi connectivity index (χ3v) is 0.667. The third-order valence-electron chi connectivity index (χ3n) is 0.667. The molecule has 0 aromatic carbocycles. The quantitative estimate of drug-likeness (QED) is 0.369. The Morgan fingerprint density at radius 3 is 2.22 bits per heavy atom. The highest BCUT2D eigenvalue weighted by atomic mass is 14.9. The summed E-state index contributed by atoms with van der Waals surface area (Å²) in [7, 11) is 0. The first-order valence-electron chi connectivity index (χ1n) is 2.43. The summed E-state index contributed by atoms with van der Waals surface area (Å²) in [6.45, 7) is 14.7. The van der Waals surface area contributed by atoms with Gasteiger partial charge in [-0.25, -0.2) is 0 Å². The summed E-state index contributed by atoms with van der Waals surface area (Å²) >= 11 is 0. The average Bonchev–Trinajstić information content (AvgIpc) is 1.91. The van der Waals surface area contributed by atoms with Crippen molar-refractivity contribution in [3.63, 3.8) is 0 Å². The van der Waals surface area contributed by atoms with Gasteiger partial charge in [0.15, 0.2) is 0 Å². The van der Waals surface area contributed by atoms with Crippen LogP contribution in [0, 0.1) is 13.1 Å². The molecule has 44 valence electrons. The van der Waals surface area contributed by atoms with Gasteiger partial charge in [-0.1, -0.05) is 12.2 Å². The monoisotopic (exact) mass is 118 g/mol. The van der Waals surface area contributed by atoms with Crippen LogP contribution in [0.4, 0.5) is 0 Å². The van der Waals surface area contributed by atoms with Crippen LogP contribution in [0.3, 0.4) is 0 Å². The van der Waals surface area contributed by atoms with E-state index < -0.39 is 0 Å². The molecule has 0 aromatic heterocycles. The molecule has 0 heterocycles. The Kier molecular flexibility index (Phi) is 3.83. The maximum atomic E-state index is 6.45. The molecular weight excluding hydrogens is 112 g/mol. The van der Waals surface area contributed by atoms with Gasteiger partial charge in [0.05, 0.1) is 0 Å². The van der Waals surface area contributed by atoms with Crippen LogP contribution < -0.4 is 0 Å². The van der Waals surface area contributed by atoms with E-state index in [2.05, 4.69) is 9.69 Å². The standard InChI is InChI=1S/C7H6N2/c1-4-5-6-7(8-2)9-3/h4-6H,1H3/b5-4-. The molecule has 0 atom stereocenters. The second-order valence-corrected chi connectivity index (χ2v) is 1.27. The highest BCUT2D eigenvalue weighted by Crippen LogP contribution is 1.96. The van der Waals surface area contributed by atoms with E-state index in [0.717, 1.165) is 0 Å². The minimum atomic E-state index is 0.105. The maximum Gasteiger partial charge on any atom is 0.519 e. The van der Waals surface area contributed by atoms with Crippen molar-refractivity contribution in [3.05, 3.63) is 46.9 Å². The van der Waals surface area contributed by atoms with Crippen molar-refractivity contribution in [1.29, 1.82) is 0 Å². The SMILES string of the molecule is [C-]#[N+]C(=C/C=C\C)[N+]#[C-]. The van der Waals surface area contributed by atoms with Gasteiger partial charge < -0.3 is 0 Å². The van der Waals surface area contributed by atoms with Gasteiger partial charge in [-0.3, -0.25) is 0 Å². The minimum absolute atomic E-state index is 0.105. The van der Waals surface area contributed by atoms with Gasteiger partial charge in [-0.15, -0.1) is 0 Å².